The molecule has 1 aromatic carbocycles. The zero-order valence-electron chi connectivity index (χ0n) is 16.5. The van der Waals surface area contributed by atoms with Gasteiger partial charge in [0.25, 0.3) is 5.91 Å². The first-order valence-corrected chi connectivity index (χ1v) is 9.34. The van der Waals surface area contributed by atoms with E-state index in [9.17, 15) is 4.79 Å². The minimum Gasteiger partial charge on any atom is -0.344 e. The molecule has 0 aliphatic heterocycles. The summed E-state index contributed by atoms with van der Waals surface area (Å²) in [5.74, 6) is 0.345. The van der Waals surface area contributed by atoms with Gasteiger partial charge in [-0.1, -0.05) is 30.3 Å². The third kappa shape index (κ3) is 5.13. The molecule has 3 rings (SSSR count). The molecule has 1 amide bonds. The van der Waals surface area contributed by atoms with Crippen LogP contribution < -0.4 is 10.2 Å². The van der Waals surface area contributed by atoms with Crippen LogP contribution >= 0.6 is 0 Å². The number of nitrogens with zero attached hydrogens (tertiary/aromatic N) is 4. The molecule has 2 heterocycles. The highest BCUT2D eigenvalue weighted by Gasteiger charge is 2.16. The number of carbonyl (C=O) groups is 1. The molecule has 0 spiro atoms. The number of carbonyl (C=O) groups excluding carboxylic acids is 1. The second-order valence-electron chi connectivity index (χ2n) is 6.83. The molecule has 0 aliphatic rings. The predicted molar refractivity (Wildman–Crippen MR) is 110 cm³/mol. The summed E-state index contributed by atoms with van der Waals surface area (Å²) < 4.78 is 0. The van der Waals surface area contributed by atoms with E-state index >= 15 is 0 Å². The fourth-order valence-corrected chi connectivity index (χ4v) is 2.88. The minimum absolute atomic E-state index is 0.100. The molecule has 3 aromatic rings. The number of nitrogens with one attached hydrogen (secondary N) is 1. The van der Waals surface area contributed by atoms with Crippen LogP contribution in [0.3, 0.4) is 0 Å². The van der Waals surface area contributed by atoms with Gasteiger partial charge >= 0.3 is 0 Å². The lowest BCUT2D eigenvalue weighted by atomic mass is 10.1. The van der Waals surface area contributed by atoms with E-state index in [1.165, 1.54) is 5.56 Å². The number of amides is 1. The summed E-state index contributed by atoms with van der Waals surface area (Å²) in [6.45, 7) is 4.58. The molecule has 2 aromatic heterocycles. The van der Waals surface area contributed by atoms with Crippen molar-refractivity contribution in [3.8, 4) is 0 Å². The van der Waals surface area contributed by atoms with Crippen LogP contribution in [0.2, 0.25) is 0 Å². The Kier molecular flexibility index (Phi) is 6.32. The highest BCUT2D eigenvalue weighted by Crippen LogP contribution is 2.14. The maximum Gasteiger partial charge on any atom is 0.270 e. The van der Waals surface area contributed by atoms with E-state index < -0.39 is 0 Å². The third-order valence-electron chi connectivity index (χ3n) is 4.55. The predicted octanol–water partition coefficient (Wildman–Crippen LogP) is 3.35. The van der Waals surface area contributed by atoms with Crippen LogP contribution in [0.15, 0.2) is 60.9 Å². The lowest BCUT2D eigenvalue weighted by molar-refractivity contribution is 0.0934. The van der Waals surface area contributed by atoms with Gasteiger partial charge in [0.05, 0.1) is 6.04 Å². The third-order valence-corrected chi connectivity index (χ3v) is 4.55. The highest BCUT2D eigenvalue weighted by molar-refractivity contribution is 5.92. The van der Waals surface area contributed by atoms with Crippen molar-refractivity contribution in [2.24, 2.45) is 0 Å². The van der Waals surface area contributed by atoms with Crippen molar-refractivity contribution in [2.45, 2.75) is 26.3 Å². The zero-order valence-corrected chi connectivity index (χ0v) is 16.5. The number of hydrogen-bond acceptors (Lipinski definition) is 5. The standard InChI is InChI=1S/C22H25N5O/c1-16-15-20(21(28)25-17(2)19-7-5-4-6-8-19)26-22(24-16)27(3)14-11-18-9-12-23-13-10-18/h4-10,12-13,15,17H,11,14H2,1-3H3,(H,25,28). The fraction of sp³-hybridized carbons (Fsp3) is 0.273. The van der Waals surface area contributed by atoms with Crippen molar-refractivity contribution >= 4 is 11.9 Å². The van der Waals surface area contributed by atoms with Crippen LogP contribution in [0.5, 0.6) is 0 Å². The Balaban J connectivity index is 1.69. The monoisotopic (exact) mass is 375 g/mol. The van der Waals surface area contributed by atoms with Gasteiger partial charge < -0.3 is 10.2 Å². The van der Waals surface area contributed by atoms with Gasteiger partial charge in [0.15, 0.2) is 0 Å². The van der Waals surface area contributed by atoms with Crippen LogP contribution in [0.4, 0.5) is 5.95 Å². The van der Waals surface area contributed by atoms with Crippen LogP contribution in [-0.4, -0.2) is 34.5 Å². The second-order valence-corrected chi connectivity index (χ2v) is 6.83. The van der Waals surface area contributed by atoms with Gasteiger partial charge in [-0.05, 0) is 49.6 Å². The smallest absolute Gasteiger partial charge is 0.270 e. The highest BCUT2D eigenvalue weighted by atomic mass is 16.1. The van der Waals surface area contributed by atoms with Crippen LogP contribution in [0.25, 0.3) is 0 Å². The summed E-state index contributed by atoms with van der Waals surface area (Å²) in [7, 11) is 1.93. The van der Waals surface area contributed by atoms with Crippen molar-refractivity contribution in [3.05, 3.63) is 83.4 Å². The lowest BCUT2D eigenvalue weighted by Crippen LogP contribution is -2.29. The molecule has 1 unspecified atom stereocenters. The maximum atomic E-state index is 12.7. The SMILES string of the molecule is Cc1cc(C(=O)NC(C)c2ccccc2)nc(N(C)CCc2ccncc2)n1. The van der Waals surface area contributed by atoms with Crippen molar-refractivity contribution < 1.29 is 4.79 Å². The first-order valence-electron chi connectivity index (χ1n) is 9.34. The Morgan fingerprint density at radius 2 is 1.82 bits per heavy atom. The first kappa shape index (κ1) is 19.5. The average molecular weight is 375 g/mol. The van der Waals surface area contributed by atoms with Crippen molar-refractivity contribution in [2.75, 3.05) is 18.5 Å². The molecule has 0 saturated heterocycles. The fourth-order valence-electron chi connectivity index (χ4n) is 2.88. The molecule has 0 saturated carbocycles. The summed E-state index contributed by atoms with van der Waals surface area (Å²) in [6.07, 6.45) is 4.42. The van der Waals surface area contributed by atoms with Gasteiger partial charge in [-0.2, -0.15) is 0 Å². The molecule has 0 fully saturated rings. The Bertz CT molecular complexity index is 915. The summed E-state index contributed by atoms with van der Waals surface area (Å²) >= 11 is 0. The molecule has 144 valence electrons. The number of likely N-dealkylation sites (N-methyl/N-ethyl adjacent to an activating group) is 1. The molecular weight excluding hydrogens is 350 g/mol. The molecule has 1 N–H and O–H groups in total. The Hall–Kier alpha value is -3.28. The summed E-state index contributed by atoms with van der Waals surface area (Å²) in [5, 5.41) is 3.01. The lowest BCUT2D eigenvalue weighted by Gasteiger charge is -2.19. The normalized spacial score (nSPS) is 11.7. The Labute approximate surface area is 165 Å². The summed E-state index contributed by atoms with van der Waals surface area (Å²) in [4.78, 5) is 27.7. The van der Waals surface area contributed by atoms with Crippen LogP contribution in [-0.2, 0) is 6.42 Å². The summed E-state index contributed by atoms with van der Waals surface area (Å²) in [5.41, 5.74) is 3.39. The number of pyridine rings is 1. The van der Waals surface area contributed by atoms with Crippen LogP contribution in [0.1, 0.15) is 40.3 Å². The van der Waals surface area contributed by atoms with E-state index in [-0.39, 0.29) is 11.9 Å². The first-order chi connectivity index (χ1) is 13.5. The number of benzene rings is 1. The van der Waals surface area contributed by atoms with Gasteiger partial charge in [-0.25, -0.2) is 9.97 Å². The van der Waals surface area contributed by atoms with Crippen molar-refractivity contribution in [3.63, 3.8) is 0 Å². The Morgan fingerprint density at radius 1 is 1.11 bits per heavy atom. The molecule has 6 nitrogen and oxygen atoms in total. The van der Waals surface area contributed by atoms with Crippen molar-refractivity contribution in [1.82, 2.24) is 20.3 Å². The molecule has 0 aliphatic carbocycles. The van der Waals surface area contributed by atoms with Gasteiger partial charge in [0.1, 0.15) is 5.69 Å². The maximum absolute atomic E-state index is 12.7. The van der Waals surface area contributed by atoms with E-state index in [0.717, 1.165) is 24.2 Å². The number of anilines is 1. The minimum atomic E-state index is -0.203. The van der Waals surface area contributed by atoms with E-state index in [4.69, 9.17) is 0 Å². The largest absolute Gasteiger partial charge is 0.344 e. The number of aromatic nitrogens is 3. The van der Waals surface area contributed by atoms with E-state index in [2.05, 4.69) is 20.3 Å². The van der Waals surface area contributed by atoms with E-state index in [1.807, 2.05) is 68.3 Å². The van der Waals surface area contributed by atoms with Gasteiger partial charge in [0.2, 0.25) is 5.95 Å². The quantitative estimate of drug-likeness (QED) is 0.686. The Morgan fingerprint density at radius 3 is 2.54 bits per heavy atom. The topological polar surface area (TPSA) is 71.0 Å². The van der Waals surface area contributed by atoms with Crippen LogP contribution in [0, 0.1) is 6.92 Å². The molecule has 6 heteroatoms. The van der Waals surface area contributed by atoms with Gasteiger partial charge in [-0.15, -0.1) is 0 Å². The van der Waals surface area contributed by atoms with Gasteiger partial charge in [-0.3, -0.25) is 9.78 Å². The molecule has 0 bridgehead atoms. The second kappa shape index (κ2) is 9.08. The van der Waals surface area contributed by atoms with E-state index in [1.54, 1.807) is 18.5 Å². The molecular formula is C22H25N5O. The van der Waals surface area contributed by atoms with E-state index in [0.29, 0.717) is 11.6 Å². The number of hydrogen-bond donors (Lipinski definition) is 1. The zero-order chi connectivity index (χ0) is 19.9. The summed E-state index contributed by atoms with van der Waals surface area (Å²) in [6, 6.07) is 15.5. The average Bonchev–Trinajstić information content (AvgIpc) is 2.72. The van der Waals surface area contributed by atoms with Crippen molar-refractivity contribution in [1.29, 1.82) is 0 Å². The number of aryl methyl sites for hydroxylation is 1. The molecule has 0 radical (unpaired) electrons. The number of rotatable bonds is 7. The van der Waals surface area contributed by atoms with Gasteiger partial charge in [0, 0.05) is 31.7 Å². The molecule has 1 atom stereocenters. The molecule has 28 heavy (non-hydrogen) atoms.